The molecule has 162 valence electrons. The summed E-state index contributed by atoms with van der Waals surface area (Å²) in [4.78, 5) is 30.2. The van der Waals surface area contributed by atoms with Gasteiger partial charge in [0.05, 0.1) is 19.7 Å². The third-order valence-electron chi connectivity index (χ3n) is 5.70. The summed E-state index contributed by atoms with van der Waals surface area (Å²) >= 11 is 1.72. The molecule has 0 aliphatic carbocycles. The predicted octanol–water partition coefficient (Wildman–Crippen LogP) is 3.91. The molecule has 0 bridgehead atoms. The second-order valence-electron chi connectivity index (χ2n) is 7.55. The molecule has 1 aromatic heterocycles. The molecule has 0 radical (unpaired) electrons. The van der Waals surface area contributed by atoms with E-state index in [1.807, 2.05) is 43.0 Å². The van der Waals surface area contributed by atoms with Crippen molar-refractivity contribution in [3.63, 3.8) is 0 Å². The average molecular weight is 431 g/mol. The molecular formula is C23H30N2O4S. The van der Waals surface area contributed by atoms with Crippen LogP contribution >= 0.6 is 11.3 Å². The minimum atomic E-state index is -0.176. The average Bonchev–Trinajstić information content (AvgIpc) is 3.24. The Morgan fingerprint density at radius 1 is 1.30 bits per heavy atom. The Labute approximate surface area is 182 Å². The molecule has 7 heteroatoms. The number of amides is 2. The van der Waals surface area contributed by atoms with Crippen molar-refractivity contribution in [3.8, 4) is 11.5 Å². The largest absolute Gasteiger partial charge is 0.497 e. The molecule has 1 aromatic carbocycles. The Balaban J connectivity index is 1.78. The van der Waals surface area contributed by atoms with E-state index in [0.29, 0.717) is 18.9 Å². The molecule has 0 unspecified atom stereocenters. The van der Waals surface area contributed by atoms with Gasteiger partial charge < -0.3 is 19.3 Å². The Hall–Kier alpha value is -2.54. The normalized spacial score (nSPS) is 16.5. The lowest BCUT2D eigenvalue weighted by Gasteiger charge is -2.37. The molecule has 6 nitrogen and oxygen atoms in total. The van der Waals surface area contributed by atoms with E-state index in [-0.39, 0.29) is 30.4 Å². The van der Waals surface area contributed by atoms with Gasteiger partial charge in [-0.3, -0.25) is 9.59 Å². The number of rotatable bonds is 8. The number of thiophene rings is 1. The molecule has 0 spiro atoms. The maximum absolute atomic E-state index is 13.2. The summed E-state index contributed by atoms with van der Waals surface area (Å²) < 4.78 is 11.3. The number of carbonyl (C=O) groups is 2. The summed E-state index contributed by atoms with van der Waals surface area (Å²) in [6.07, 6.45) is 1.64. The van der Waals surface area contributed by atoms with Crippen molar-refractivity contribution in [3.05, 3.63) is 46.2 Å². The number of methoxy groups -OCH3 is 1. The Kier molecular flexibility index (Phi) is 7.37. The van der Waals surface area contributed by atoms with Gasteiger partial charge >= 0.3 is 0 Å². The molecule has 2 atom stereocenters. The van der Waals surface area contributed by atoms with Gasteiger partial charge in [0.15, 0.2) is 0 Å². The second kappa shape index (κ2) is 9.98. The first-order valence-electron chi connectivity index (χ1n) is 10.3. The van der Waals surface area contributed by atoms with E-state index < -0.39 is 0 Å². The minimum absolute atomic E-state index is 0.0273. The zero-order chi connectivity index (χ0) is 21.7. The first-order chi connectivity index (χ1) is 14.4. The molecule has 0 N–H and O–H groups in total. The molecular weight excluding hydrogens is 400 g/mol. The number of hydrogen-bond donors (Lipinski definition) is 0. The van der Waals surface area contributed by atoms with Gasteiger partial charge in [0.1, 0.15) is 18.1 Å². The summed E-state index contributed by atoms with van der Waals surface area (Å²) in [5, 5.41) is 2.07. The van der Waals surface area contributed by atoms with Crippen molar-refractivity contribution in [2.45, 2.75) is 45.7 Å². The molecule has 30 heavy (non-hydrogen) atoms. The number of hydrogen-bond acceptors (Lipinski definition) is 5. The van der Waals surface area contributed by atoms with E-state index in [2.05, 4.69) is 11.4 Å². The third-order valence-corrected chi connectivity index (χ3v) is 6.69. The van der Waals surface area contributed by atoms with E-state index >= 15 is 0 Å². The van der Waals surface area contributed by atoms with Crippen molar-refractivity contribution in [1.82, 2.24) is 9.80 Å². The van der Waals surface area contributed by atoms with Crippen LogP contribution in [0.5, 0.6) is 11.5 Å². The highest BCUT2D eigenvalue weighted by molar-refractivity contribution is 7.10. The highest BCUT2D eigenvalue weighted by Crippen LogP contribution is 2.34. The first-order valence-corrected chi connectivity index (χ1v) is 11.2. The minimum Gasteiger partial charge on any atom is -0.497 e. The van der Waals surface area contributed by atoms with Gasteiger partial charge in [-0.05, 0) is 48.9 Å². The lowest BCUT2D eigenvalue weighted by molar-refractivity contribution is -0.143. The highest BCUT2D eigenvalue weighted by Gasteiger charge is 2.33. The first kappa shape index (κ1) is 22.2. The van der Waals surface area contributed by atoms with Crippen LogP contribution in [0.2, 0.25) is 0 Å². The summed E-state index contributed by atoms with van der Waals surface area (Å²) in [5.74, 6) is 1.32. The Morgan fingerprint density at radius 3 is 2.77 bits per heavy atom. The number of ether oxygens (including phenoxy) is 2. The quantitative estimate of drug-likeness (QED) is 0.637. The van der Waals surface area contributed by atoms with Crippen molar-refractivity contribution in [2.24, 2.45) is 0 Å². The Bertz CT molecular complexity index is 882. The fraction of sp³-hybridized carbons (Fsp3) is 0.478. The molecule has 0 saturated heterocycles. The Morgan fingerprint density at radius 2 is 2.07 bits per heavy atom. The van der Waals surface area contributed by atoms with Gasteiger partial charge in [0, 0.05) is 30.5 Å². The van der Waals surface area contributed by atoms with Crippen molar-refractivity contribution in [1.29, 1.82) is 0 Å². The molecule has 2 heterocycles. The molecule has 1 aliphatic rings. The van der Waals surface area contributed by atoms with Crippen LogP contribution in [0.25, 0.3) is 0 Å². The van der Waals surface area contributed by atoms with Gasteiger partial charge in [-0.15, -0.1) is 11.3 Å². The van der Waals surface area contributed by atoms with E-state index in [1.165, 1.54) is 11.8 Å². The van der Waals surface area contributed by atoms with Crippen molar-refractivity contribution in [2.75, 3.05) is 26.8 Å². The number of benzene rings is 1. The van der Waals surface area contributed by atoms with Crippen molar-refractivity contribution >= 4 is 23.2 Å². The number of fused-ring (bicyclic) bond motifs is 1. The third kappa shape index (κ3) is 4.95. The maximum Gasteiger partial charge on any atom is 0.242 e. The molecule has 0 saturated carbocycles. The van der Waals surface area contributed by atoms with E-state index in [0.717, 1.165) is 24.2 Å². The summed E-state index contributed by atoms with van der Waals surface area (Å²) in [5.41, 5.74) is 1.14. The summed E-state index contributed by atoms with van der Waals surface area (Å²) in [6.45, 7) is 6.60. The van der Waals surface area contributed by atoms with E-state index in [9.17, 15) is 9.59 Å². The van der Waals surface area contributed by atoms with Crippen molar-refractivity contribution < 1.29 is 19.1 Å². The van der Waals surface area contributed by atoms with Crippen LogP contribution in [-0.4, -0.2) is 54.5 Å². The summed E-state index contributed by atoms with van der Waals surface area (Å²) in [6, 6.07) is 9.40. The SMILES string of the molecule is CC[C@@H](C)N(CC(=O)N1CCc2sccc2[C@@H]1COc1cccc(OC)c1)C(C)=O. The summed E-state index contributed by atoms with van der Waals surface area (Å²) in [7, 11) is 1.62. The van der Waals surface area contributed by atoms with E-state index in [4.69, 9.17) is 9.47 Å². The van der Waals surface area contributed by atoms with Crippen LogP contribution in [0.15, 0.2) is 35.7 Å². The van der Waals surface area contributed by atoms with Crippen LogP contribution in [0, 0.1) is 0 Å². The van der Waals surface area contributed by atoms with Gasteiger partial charge in [-0.2, -0.15) is 0 Å². The van der Waals surface area contributed by atoms with Gasteiger partial charge in [-0.1, -0.05) is 13.0 Å². The zero-order valence-corrected chi connectivity index (χ0v) is 18.9. The van der Waals surface area contributed by atoms with Gasteiger partial charge in [-0.25, -0.2) is 0 Å². The standard InChI is InChI=1S/C23H30N2O4S/c1-5-16(2)25(17(3)26)14-23(27)24-11-9-22-20(10-12-30-22)21(24)15-29-19-8-6-7-18(13-19)28-4/h6-8,10,12-13,16,21H,5,9,11,14-15H2,1-4H3/t16-,21+/m1/s1. The monoisotopic (exact) mass is 430 g/mol. The van der Waals surface area contributed by atoms with Gasteiger partial charge in [0.2, 0.25) is 11.8 Å². The molecule has 2 amide bonds. The zero-order valence-electron chi connectivity index (χ0n) is 18.1. The fourth-order valence-corrected chi connectivity index (χ4v) is 4.70. The topological polar surface area (TPSA) is 59.1 Å². The van der Waals surface area contributed by atoms with E-state index in [1.54, 1.807) is 23.3 Å². The molecule has 3 rings (SSSR count). The molecule has 2 aromatic rings. The smallest absolute Gasteiger partial charge is 0.242 e. The van der Waals surface area contributed by atoms with Crippen LogP contribution in [0.1, 0.15) is 43.7 Å². The van der Waals surface area contributed by atoms with Crippen LogP contribution in [0.3, 0.4) is 0 Å². The van der Waals surface area contributed by atoms with Gasteiger partial charge in [0.25, 0.3) is 0 Å². The van der Waals surface area contributed by atoms with Crippen LogP contribution in [0.4, 0.5) is 0 Å². The molecule has 0 fully saturated rings. The lowest BCUT2D eigenvalue weighted by atomic mass is 10.00. The predicted molar refractivity (Wildman–Crippen MR) is 118 cm³/mol. The molecule has 1 aliphatic heterocycles. The second-order valence-corrected chi connectivity index (χ2v) is 8.55. The lowest BCUT2D eigenvalue weighted by Crippen LogP contribution is -2.49. The fourth-order valence-electron chi connectivity index (χ4n) is 3.78. The maximum atomic E-state index is 13.2. The highest BCUT2D eigenvalue weighted by atomic mass is 32.1. The number of carbonyl (C=O) groups excluding carboxylic acids is 2. The van der Waals surface area contributed by atoms with Crippen LogP contribution in [-0.2, 0) is 16.0 Å². The number of nitrogens with zero attached hydrogens (tertiary/aromatic N) is 2. The van der Waals surface area contributed by atoms with Crippen LogP contribution < -0.4 is 9.47 Å².